The molecule has 0 spiro atoms. The Balaban J connectivity index is 1.62. The van der Waals surface area contributed by atoms with Crippen molar-refractivity contribution in [3.8, 4) is 0 Å². The summed E-state index contributed by atoms with van der Waals surface area (Å²) in [5.41, 5.74) is 0.118. The molecule has 25 heavy (non-hydrogen) atoms. The number of aromatic nitrogens is 5. The number of rotatable bonds is 4. The van der Waals surface area contributed by atoms with Crippen molar-refractivity contribution in [1.82, 2.24) is 24.6 Å². The van der Waals surface area contributed by atoms with E-state index in [1.54, 1.807) is 12.3 Å². The third-order valence-corrected chi connectivity index (χ3v) is 4.48. The lowest BCUT2D eigenvalue weighted by Crippen LogP contribution is -2.20. The van der Waals surface area contributed by atoms with E-state index in [1.807, 2.05) is 0 Å². The van der Waals surface area contributed by atoms with Gasteiger partial charge in [0.15, 0.2) is 5.65 Å². The number of nitrogens with one attached hydrogen (secondary N) is 2. The highest BCUT2D eigenvalue weighted by molar-refractivity contribution is 6.07. The number of H-pyrrole nitrogens is 1. The summed E-state index contributed by atoms with van der Waals surface area (Å²) in [7, 11) is 0. The number of amides is 1. The lowest BCUT2D eigenvalue weighted by Gasteiger charge is -2.30. The molecule has 0 radical (unpaired) electrons. The molecule has 130 valence electrons. The maximum atomic E-state index is 13.3. The number of anilines is 1. The van der Waals surface area contributed by atoms with Crippen LogP contribution in [-0.2, 0) is 0 Å². The third-order valence-electron chi connectivity index (χ3n) is 4.48. The van der Waals surface area contributed by atoms with Crippen LogP contribution in [0.2, 0.25) is 0 Å². The van der Waals surface area contributed by atoms with Gasteiger partial charge < -0.3 is 10.3 Å². The highest BCUT2D eigenvalue weighted by Crippen LogP contribution is 2.41. The Bertz CT molecular complexity index is 928. The standard InChI is InChI=1S/C16H16F2N6O/c1-8-5-9(6-8)13-21-11(12(17)18)14(22-13)23-16(25)10-7-20-24-4-2-3-19-15(10)24/h2-4,7-9,12H,5-6H2,1H3,(H,21,22)(H,23,25)/t8-,9-. The Morgan fingerprint density at radius 2 is 2.24 bits per heavy atom. The number of fused-ring (bicyclic) bond motifs is 1. The molecule has 1 fully saturated rings. The van der Waals surface area contributed by atoms with Gasteiger partial charge in [0.2, 0.25) is 0 Å². The first-order chi connectivity index (χ1) is 12.0. The molecular weight excluding hydrogens is 330 g/mol. The predicted octanol–water partition coefficient (Wildman–Crippen LogP) is 3.16. The van der Waals surface area contributed by atoms with Crippen molar-refractivity contribution < 1.29 is 13.6 Å². The van der Waals surface area contributed by atoms with Gasteiger partial charge in [0, 0.05) is 18.3 Å². The highest BCUT2D eigenvalue weighted by atomic mass is 19.3. The maximum absolute atomic E-state index is 13.3. The molecule has 0 atom stereocenters. The van der Waals surface area contributed by atoms with Crippen molar-refractivity contribution in [2.24, 2.45) is 5.92 Å². The topological polar surface area (TPSA) is 88.0 Å². The molecule has 1 amide bonds. The van der Waals surface area contributed by atoms with Gasteiger partial charge >= 0.3 is 0 Å². The van der Waals surface area contributed by atoms with E-state index in [1.165, 1.54) is 16.9 Å². The fraction of sp³-hybridized carbons (Fsp3) is 0.375. The van der Waals surface area contributed by atoms with Gasteiger partial charge in [-0.25, -0.2) is 23.3 Å². The highest BCUT2D eigenvalue weighted by Gasteiger charge is 2.32. The summed E-state index contributed by atoms with van der Waals surface area (Å²) in [4.78, 5) is 23.4. The minimum Gasteiger partial charge on any atom is -0.328 e. The Kier molecular flexibility index (Phi) is 3.70. The molecule has 7 nitrogen and oxygen atoms in total. The lowest BCUT2D eigenvalue weighted by molar-refractivity contribution is 0.102. The van der Waals surface area contributed by atoms with Gasteiger partial charge in [-0.3, -0.25) is 4.79 Å². The Morgan fingerprint density at radius 3 is 2.96 bits per heavy atom. The second-order valence-corrected chi connectivity index (χ2v) is 6.36. The monoisotopic (exact) mass is 346 g/mol. The van der Waals surface area contributed by atoms with Crippen LogP contribution < -0.4 is 5.32 Å². The first-order valence-corrected chi connectivity index (χ1v) is 8.00. The summed E-state index contributed by atoms with van der Waals surface area (Å²) in [5.74, 6) is 0.573. The quantitative estimate of drug-likeness (QED) is 0.759. The largest absolute Gasteiger partial charge is 0.328 e. The lowest BCUT2D eigenvalue weighted by atomic mass is 9.76. The molecule has 1 saturated carbocycles. The zero-order valence-electron chi connectivity index (χ0n) is 13.4. The summed E-state index contributed by atoms with van der Waals surface area (Å²) < 4.78 is 28.0. The second-order valence-electron chi connectivity index (χ2n) is 6.36. The van der Waals surface area contributed by atoms with Crippen LogP contribution in [-0.4, -0.2) is 30.5 Å². The molecule has 0 saturated heterocycles. The fourth-order valence-electron chi connectivity index (χ4n) is 3.15. The van der Waals surface area contributed by atoms with Crippen LogP contribution in [0.5, 0.6) is 0 Å². The molecule has 0 bridgehead atoms. The smallest absolute Gasteiger partial charge is 0.284 e. The molecule has 3 aromatic rings. The first-order valence-electron chi connectivity index (χ1n) is 8.00. The van der Waals surface area contributed by atoms with Crippen LogP contribution in [0.1, 0.15) is 54.0 Å². The summed E-state index contributed by atoms with van der Waals surface area (Å²) in [6.45, 7) is 2.11. The summed E-state index contributed by atoms with van der Waals surface area (Å²) in [6.07, 6.45) is 3.56. The average molecular weight is 346 g/mol. The van der Waals surface area contributed by atoms with E-state index in [0.29, 0.717) is 17.4 Å². The molecule has 1 aliphatic rings. The second kappa shape index (κ2) is 5.91. The summed E-state index contributed by atoms with van der Waals surface area (Å²) in [6, 6.07) is 1.68. The average Bonchev–Trinajstić information content (AvgIpc) is 3.15. The number of hydrogen-bond donors (Lipinski definition) is 2. The number of alkyl halides is 2. The molecule has 1 aliphatic carbocycles. The van der Waals surface area contributed by atoms with Crippen LogP contribution in [0.25, 0.3) is 5.65 Å². The molecule has 0 unspecified atom stereocenters. The SMILES string of the molecule is C[C@H]1C[C@H](c2nc(C(F)F)c(NC(=O)c3cnn4cccnc34)[nH]2)C1. The molecule has 9 heteroatoms. The molecule has 2 N–H and O–H groups in total. The van der Waals surface area contributed by atoms with Crippen LogP contribution in [0.3, 0.4) is 0 Å². The third kappa shape index (κ3) is 2.75. The van der Waals surface area contributed by atoms with Crippen LogP contribution in [0.15, 0.2) is 24.7 Å². The van der Waals surface area contributed by atoms with E-state index < -0.39 is 18.0 Å². The number of imidazole rings is 1. The molecule has 4 rings (SSSR count). The van der Waals surface area contributed by atoms with E-state index in [2.05, 4.69) is 32.3 Å². The number of carbonyl (C=O) groups excluding carboxylic acids is 1. The predicted molar refractivity (Wildman–Crippen MR) is 85.6 cm³/mol. The number of halogens is 2. The van der Waals surface area contributed by atoms with Gasteiger partial charge in [-0.2, -0.15) is 5.10 Å². The normalized spacial score (nSPS) is 20.0. The molecular formula is C16H16F2N6O. The van der Waals surface area contributed by atoms with Gasteiger partial charge in [0.1, 0.15) is 22.9 Å². The van der Waals surface area contributed by atoms with Crippen LogP contribution in [0.4, 0.5) is 14.6 Å². The van der Waals surface area contributed by atoms with Crippen molar-refractivity contribution in [3.05, 3.63) is 41.7 Å². The van der Waals surface area contributed by atoms with Gasteiger partial charge in [0.05, 0.1) is 6.20 Å². The summed E-state index contributed by atoms with van der Waals surface area (Å²) in [5, 5.41) is 6.51. The van der Waals surface area contributed by atoms with E-state index >= 15 is 0 Å². The van der Waals surface area contributed by atoms with Gasteiger partial charge in [0.25, 0.3) is 12.3 Å². The van der Waals surface area contributed by atoms with Crippen molar-refractivity contribution in [2.75, 3.05) is 5.32 Å². The van der Waals surface area contributed by atoms with Crippen molar-refractivity contribution in [2.45, 2.75) is 32.1 Å². The van der Waals surface area contributed by atoms with Crippen LogP contribution in [0, 0.1) is 5.92 Å². The van der Waals surface area contributed by atoms with E-state index in [4.69, 9.17) is 0 Å². The fourth-order valence-corrected chi connectivity index (χ4v) is 3.15. The van der Waals surface area contributed by atoms with Gasteiger partial charge in [-0.05, 0) is 24.8 Å². The van der Waals surface area contributed by atoms with Crippen molar-refractivity contribution in [1.29, 1.82) is 0 Å². The van der Waals surface area contributed by atoms with Crippen LogP contribution >= 0.6 is 0 Å². The van der Waals surface area contributed by atoms with Gasteiger partial charge in [-0.1, -0.05) is 6.92 Å². The molecule has 3 heterocycles. The number of carbonyl (C=O) groups is 1. The number of aromatic amines is 1. The molecule has 0 aromatic carbocycles. The minimum absolute atomic E-state index is 0.0650. The Labute approximate surface area is 141 Å². The van der Waals surface area contributed by atoms with Crippen molar-refractivity contribution >= 4 is 17.4 Å². The van der Waals surface area contributed by atoms with E-state index in [9.17, 15) is 13.6 Å². The molecule has 3 aromatic heterocycles. The Hall–Kier alpha value is -2.84. The van der Waals surface area contributed by atoms with E-state index in [-0.39, 0.29) is 17.3 Å². The maximum Gasteiger partial charge on any atom is 0.284 e. The van der Waals surface area contributed by atoms with E-state index in [0.717, 1.165) is 12.8 Å². The number of nitrogens with zero attached hydrogens (tertiary/aromatic N) is 4. The zero-order valence-corrected chi connectivity index (χ0v) is 13.4. The van der Waals surface area contributed by atoms with Gasteiger partial charge in [-0.15, -0.1) is 0 Å². The zero-order chi connectivity index (χ0) is 17.6. The summed E-state index contributed by atoms with van der Waals surface area (Å²) >= 11 is 0. The first kappa shape index (κ1) is 15.7. The molecule has 0 aliphatic heterocycles. The van der Waals surface area contributed by atoms with Crippen molar-refractivity contribution in [3.63, 3.8) is 0 Å². The Morgan fingerprint density at radius 1 is 1.44 bits per heavy atom. The number of hydrogen-bond acceptors (Lipinski definition) is 4. The minimum atomic E-state index is -2.78.